The zero-order valence-electron chi connectivity index (χ0n) is 5.73. The molecule has 0 N–H and O–H groups in total. The average molecular weight is 153 g/mol. The monoisotopic (exact) mass is 152 g/mol. The molecule has 2 aliphatic rings. The van der Waals surface area contributed by atoms with E-state index in [4.69, 9.17) is 11.6 Å². The average Bonchev–Trinajstić information content (AvgIpc) is 2.27. The molecular formula is C9H9Cl. The van der Waals surface area contributed by atoms with Crippen LogP contribution in [0.4, 0.5) is 0 Å². The van der Waals surface area contributed by atoms with Crippen molar-refractivity contribution in [2.75, 3.05) is 0 Å². The topological polar surface area (TPSA) is 0 Å². The van der Waals surface area contributed by atoms with Crippen molar-refractivity contribution in [2.24, 2.45) is 0 Å². The molecule has 0 unspecified atom stereocenters. The first-order chi connectivity index (χ1) is 4.86. The van der Waals surface area contributed by atoms with Crippen molar-refractivity contribution in [1.82, 2.24) is 0 Å². The second kappa shape index (κ2) is 2.28. The first-order valence-corrected chi connectivity index (χ1v) is 4.02. The highest BCUT2D eigenvalue weighted by Gasteiger charge is 2.12. The highest BCUT2D eigenvalue weighted by atomic mass is 35.5. The maximum Gasteiger partial charge on any atom is 0.0414 e. The van der Waals surface area contributed by atoms with Gasteiger partial charge < -0.3 is 0 Å². The summed E-state index contributed by atoms with van der Waals surface area (Å²) >= 11 is 5.83. The zero-order valence-corrected chi connectivity index (χ0v) is 6.49. The molecule has 0 aromatic carbocycles. The van der Waals surface area contributed by atoms with E-state index >= 15 is 0 Å². The molecule has 2 aliphatic carbocycles. The van der Waals surface area contributed by atoms with Crippen LogP contribution >= 0.6 is 11.6 Å². The van der Waals surface area contributed by atoms with Crippen LogP contribution in [0.2, 0.25) is 0 Å². The zero-order chi connectivity index (χ0) is 6.97. The quantitative estimate of drug-likeness (QED) is 0.500. The van der Waals surface area contributed by atoms with Crippen molar-refractivity contribution in [3.05, 3.63) is 34.4 Å². The van der Waals surface area contributed by atoms with Crippen LogP contribution in [0.3, 0.4) is 0 Å². The van der Waals surface area contributed by atoms with Gasteiger partial charge >= 0.3 is 0 Å². The van der Waals surface area contributed by atoms with Crippen LogP contribution in [0.1, 0.15) is 19.3 Å². The summed E-state index contributed by atoms with van der Waals surface area (Å²) in [6.45, 7) is 0. The molecule has 0 aliphatic heterocycles. The Morgan fingerprint density at radius 1 is 1.30 bits per heavy atom. The van der Waals surface area contributed by atoms with Gasteiger partial charge in [-0.2, -0.15) is 0 Å². The van der Waals surface area contributed by atoms with Crippen LogP contribution in [0.5, 0.6) is 0 Å². The van der Waals surface area contributed by atoms with Gasteiger partial charge in [-0.15, -0.1) is 0 Å². The Labute approximate surface area is 65.9 Å². The molecule has 0 nitrogen and oxygen atoms in total. The van der Waals surface area contributed by atoms with E-state index in [2.05, 4.69) is 18.2 Å². The number of hydrogen-bond donors (Lipinski definition) is 0. The summed E-state index contributed by atoms with van der Waals surface area (Å²) in [4.78, 5) is 0. The lowest BCUT2D eigenvalue weighted by Gasteiger charge is -2.08. The molecule has 0 saturated carbocycles. The molecule has 0 aromatic rings. The fourth-order valence-corrected chi connectivity index (χ4v) is 1.74. The Kier molecular flexibility index (Phi) is 1.42. The first kappa shape index (κ1) is 6.23. The van der Waals surface area contributed by atoms with Crippen molar-refractivity contribution in [1.29, 1.82) is 0 Å². The maximum absolute atomic E-state index is 5.83. The Morgan fingerprint density at radius 2 is 2.20 bits per heavy atom. The van der Waals surface area contributed by atoms with Gasteiger partial charge in [-0.05, 0) is 42.6 Å². The lowest BCUT2D eigenvalue weighted by atomic mass is 9.96. The summed E-state index contributed by atoms with van der Waals surface area (Å²) in [7, 11) is 0. The van der Waals surface area contributed by atoms with E-state index in [9.17, 15) is 0 Å². The summed E-state index contributed by atoms with van der Waals surface area (Å²) in [5.41, 5.74) is 2.78. The molecule has 10 heavy (non-hydrogen) atoms. The van der Waals surface area contributed by atoms with Gasteiger partial charge in [0, 0.05) is 5.03 Å². The number of rotatable bonds is 0. The predicted octanol–water partition coefficient (Wildman–Crippen LogP) is 3.16. The molecule has 2 rings (SSSR count). The van der Waals surface area contributed by atoms with Crippen LogP contribution in [-0.2, 0) is 0 Å². The van der Waals surface area contributed by atoms with Crippen molar-refractivity contribution < 1.29 is 0 Å². The molecule has 0 amide bonds. The number of halogens is 1. The lowest BCUT2D eigenvalue weighted by molar-refractivity contribution is 0.812. The molecule has 52 valence electrons. The molecule has 0 bridgehead atoms. The Hall–Kier alpha value is -0.490. The third-order valence-electron chi connectivity index (χ3n) is 1.99. The van der Waals surface area contributed by atoms with E-state index in [1.165, 1.54) is 30.4 Å². The van der Waals surface area contributed by atoms with E-state index < -0.39 is 0 Å². The van der Waals surface area contributed by atoms with Gasteiger partial charge in [0.2, 0.25) is 0 Å². The first-order valence-electron chi connectivity index (χ1n) is 3.64. The fraction of sp³-hybridized carbons (Fsp3) is 0.333. The minimum Gasteiger partial charge on any atom is -0.0843 e. The molecule has 0 radical (unpaired) electrons. The predicted molar refractivity (Wildman–Crippen MR) is 44.0 cm³/mol. The van der Waals surface area contributed by atoms with E-state index in [1.54, 1.807) is 0 Å². The summed E-state index contributed by atoms with van der Waals surface area (Å²) < 4.78 is 0. The Balaban J connectivity index is 2.39. The van der Waals surface area contributed by atoms with Gasteiger partial charge in [0.25, 0.3) is 0 Å². The second-order valence-corrected chi connectivity index (χ2v) is 3.19. The number of fused-ring (bicyclic) bond motifs is 1. The summed E-state index contributed by atoms with van der Waals surface area (Å²) in [6.07, 6.45) is 10.1. The maximum atomic E-state index is 5.83. The van der Waals surface area contributed by atoms with Crippen molar-refractivity contribution in [2.45, 2.75) is 19.3 Å². The highest BCUT2D eigenvalue weighted by molar-refractivity contribution is 6.32. The third-order valence-corrected chi connectivity index (χ3v) is 2.21. The lowest BCUT2D eigenvalue weighted by Crippen LogP contribution is -1.90. The SMILES string of the molecule is ClC1=CC2=CCCCC2=C1. The summed E-state index contributed by atoms with van der Waals surface area (Å²) in [6, 6.07) is 0. The summed E-state index contributed by atoms with van der Waals surface area (Å²) in [5, 5.41) is 0.892. The Morgan fingerprint density at radius 3 is 3.00 bits per heavy atom. The fourth-order valence-electron chi connectivity index (χ4n) is 1.49. The molecule has 0 saturated heterocycles. The standard InChI is InChI=1S/C9H9Cl/c10-9-5-7-3-1-2-4-8(7)6-9/h3,5-6H,1-2,4H2. The number of hydrogen-bond acceptors (Lipinski definition) is 0. The van der Waals surface area contributed by atoms with Crippen molar-refractivity contribution in [3.8, 4) is 0 Å². The Bertz CT molecular complexity index is 243. The van der Waals surface area contributed by atoms with Gasteiger partial charge in [-0.3, -0.25) is 0 Å². The molecule has 0 spiro atoms. The van der Waals surface area contributed by atoms with Gasteiger partial charge in [0.1, 0.15) is 0 Å². The van der Waals surface area contributed by atoms with Crippen molar-refractivity contribution in [3.63, 3.8) is 0 Å². The van der Waals surface area contributed by atoms with Crippen LogP contribution < -0.4 is 0 Å². The minimum absolute atomic E-state index is 0.892. The molecule has 0 fully saturated rings. The van der Waals surface area contributed by atoms with Gasteiger partial charge in [-0.1, -0.05) is 17.7 Å². The van der Waals surface area contributed by atoms with Crippen LogP contribution in [0.15, 0.2) is 34.4 Å². The third kappa shape index (κ3) is 0.929. The van der Waals surface area contributed by atoms with Crippen molar-refractivity contribution >= 4 is 11.6 Å². The van der Waals surface area contributed by atoms with Crippen LogP contribution in [0.25, 0.3) is 0 Å². The van der Waals surface area contributed by atoms with E-state index in [-0.39, 0.29) is 0 Å². The van der Waals surface area contributed by atoms with Gasteiger partial charge in [-0.25, -0.2) is 0 Å². The van der Waals surface area contributed by atoms with Gasteiger partial charge in [0.15, 0.2) is 0 Å². The van der Waals surface area contributed by atoms with Crippen LogP contribution in [0, 0.1) is 0 Å². The largest absolute Gasteiger partial charge is 0.0843 e. The molecule has 0 heterocycles. The highest BCUT2D eigenvalue weighted by Crippen LogP contribution is 2.32. The molecule has 0 atom stereocenters. The van der Waals surface area contributed by atoms with Crippen LogP contribution in [-0.4, -0.2) is 0 Å². The van der Waals surface area contributed by atoms with Gasteiger partial charge in [0.05, 0.1) is 0 Å². The minimum atomic E-state index is 0.892. The molecule has 1 heteroatoms. The molecular weight excluding hydrogens is 144 g/mol. The van der Waals surface area contributed by atoms with E-state index in [1.807, 2.05) is 0 Å². The summed E-state index contributed by atoms with van der Waals surface area (Å²) in [5.74, 6) is 0. The normalized spacial score (nSPS) is 23.1. The smallest absolute Gasteiger partial charge is 0.0414 e. The molecule has 0 aromatic heterocycles. The van der Waals surface area contributed by atoms with E-state index in [0.717, 1.165) is 5.03 Å². The number of allylic oxidation sites excluding steroid dienone is 6. The van der Waals surface area contributed by atoms with E-state index in [0.29, 0.717) is 0 Å². The second-order valence-electron chi connectivity index (χ2n) is 2.75.